The molecular weight excluding hydrogens is 462 g/mol. The molecule has 0 saturated carbocycles. The number of amides is 1. The third kappa shape index (κ3) is 5.00. The van der Waals surface area contributed by atoms with Crippen LogP contribution in [0.2, 0.25) is 0 Å². The van der Waals surface area contributed by atoms with Gasteiger partial charge in [0.25, 0.3) is 5.91 Å². The molecule has 2 saturated heterocycles. The number of ether oxygens (including phenoxy) is 2. The number of carbonyl (C=O) groups is 1. The molecule has 1 aromatic heterocycles. The fourth-order valence-corrected chi connectivity index (χ4v) is 5.08. The highest BCUT2D eigenvalue weighted by atomic mass is 16.5. The van der Waals surface area contributed by atoms with E-state index in [-0.39, 0.29) is 18.6 Å². The zero-order chi connectivity index (χ0) is 26.0. The van der Waals surface area contributed by atoms with Gasteiger partial charge in [0.05, 0.1) is 32.9 Å². The van der Waals surface area contributed by atoms with Gasteiger partial charge in [0, 0.05) is 30.6 Å². The van der Waals surface area contributed by atoms with Gasteiger partial charge in [0.15, 0.2) is 17.6 Å². The van der Waals surface area contributed by atoms with Gasteiger partial charge in [-0.1, -0.05) is 26.0 Å². The maximum absolute atomic E-state index is 12.6. The molecule has 9 heteroatoms. The van der Waals surface area contributed by atoms with Gasteiger partial charge >= 0.3 is 0 Å². The Labute approximate surface area is 212 Å². The lowest BCUT2D eigenvalue weighted by molar-refractivity contribution is -0.141. The largest absolute Gasteiger partial charge is 0.493 e. The van der Waals surface area contributed by atoms with Crippen LogP contribution in [0.1, 0.15) is 37.8 Å². The summed E-state index contributed by atoms with van der Waals surface area (Å²) in [6.07, 6.45) is 0.671. The second kappa shape index (κ2) is 10.6. The highest BCUT2D eigenvalue weighted by molar-refractivity contribution is 5.81. The first-order valence-electron chi connectivity index (χ1n) is 12.5. The number of carbonyl (C=O) groups excluding carboxylic acids is 1. The summed E-state index contributed by atoms with van der Waals surface area (Å²) in [7, 11) is 1.60. The number of rotatable bonds is 9. The number of likely N-dealkylation sites (tertiary alicyclic amines) is 1. The first kappa shape index (κ1) is 26.2. The van der Waals surface area contributed by atoms with Gasteiger partial charge in [0.2, 0.25) is 0 Å². The minimum atomic E-state index is -1.47. The number of anilines is 1. The number of hydrogen-bond donors (Lipinski definition) is 3. The maximum Gasteiger partial charge on any atom is 0.253 e. The van der Waals surface area contributed by atoms with Gasteiger partial charge in [-0.3, -0.25) is 4.79 Å². The molecule has 1 aromatic carbocycles. The van der Waals surface area contributed by atoms with Crippen LogP contribution < -0.4 is 14.4 Å². The number of aliphatic hydroxyl groups is 3. The summed E-state index contributed by atoms with van der Waals surface area (Å²) in [6, 6.07) is 9.84. The third-order valence-corrected chi connectivity index (χ3v) is 7.73. The summed E-state index contributed by atoms with van der Waals surface area (Å²) in [5.41, 5.74) is 1.48. The van der Waals surface area contributed by atoms with Crippen molar-refractivity contribution in [2.75, 3.05) is 44.8 Å². The van der Waals surface area contributed by atoms with Gasteiger partial charge < -0.3 is 34.6 Å². The predicted octanol–water partition coefficient (Wildman–Crippen LogP) is 1.59. The van der Waals surface area contributed by atoms with Crippen LogP contribution in [-0.2, 0) is 11.2 Å². The van der Waals surface area contributed by atoms with Gasteiger partial charge in [0.1, 0.15) is 11.9 Å². The van der Waals surface area contributed by atoms with Crippen molar-refractivity contribution in [2.24, 2.45) is 5.41 Å². The van der Waals surface area contributed by atoms with E-state index in [9.17, 15) is 20.1 Å². The monoisotopic (exact) mass is 499 g/mol. The topological polar surface area (TPSA) is 116 Å². The maximum atomic E-state index is 12.6. The summed E-state index contributed by atoms with van der Waals surface area (Å²) in [4.78, 5) is 20.8. The Morgan fingerprint density at radius 3 is 2.53 bits per heavy atom. The summed E-state index contributed by atoms with van der Waals surface area (Å²) in [5, 5.41) is 29.8. The first-order valence-corrected chi connectivity index (χ1v) is 12.5. The lowest BCUT2D eigenvalue weighted by atomic mass is 9.72. The quantitative estimate of drug-likeness (QED) is 0.477. The van der Waals surface area contributed by atoms with Crippen LogP contribution in [0.15, 0.2) is 36.5 Å². The van der Waals surface area contributed by atoms with Crippen LogP contribution >= 0.6 is 0 Å². The molecule has 3 N–H and O–H groups in total. The number of methoxy groups -OCH3 is 1. The second-order valence-corrected chi connectivity index (χ2v) is 10.1. The van der Waals surface area contributed by atoms with E-state index in [1.54, 1.807) is 14.0 Å². The van der Waals surface area contributed by atoms with Crippen molar-refractivity contribution < 1.29 is 29.6 Å². The molecule has 2 aliphatic rings. The Morgan fingerprint density at radius 2 is 1.94 bits per heavy atom. The Bertz CT molecular complexity index is 1060. The van der Waals surface area contributed by atoms with Gasteiger partial charge in [-0.05, 0) is 42.7 Å². The average Bonchev–Trinajstić information content (AvgIpc) is 3.23. The second-order valence-electron chi connectivity index (χ2n) is 10.1. The molecule has 0 radical (unpaired) electrons. The molecule has 2 aliphatic heterocycles. The fourth-order valence-electron chi connectivity index (χ4n) is 5.08. The van der Waals surface area contributed by atoms with Gasteiger partial charge in [-0.25, -0.2) is 4.98 Å². The molecule has 4 rings (SSSR count). The van der Waals surface area contributed by atoms with E-state index in [2.05, 4.69) is 22.9 Å². The minimum Gasteiger partial charge on any atom is -0.493 e. The van der Waals surface area contributed by atoms with Crippen LogP contribution in [0.3, 0.4) is 0 Å². The predicted molar refractivity (Wildman–Crippen MR) is 135 cm³/mol. The molecule has 0 bridgehead atoms. The Balaban J connectivity index is 1.50. The summed E-state index contributed by atoms with van der Waals surface area (Å²) >= 11 is 0. The summed E-state index contributed by atoms with van der Waals surface area (Å²) in [5.74, 6) is 1.43. The van der Waals surface area contributed by atoms with E-state index in [4.69, 9.17) is 9.47 Å². The van der Waals surface area contributed by atoms with E-state index >= 15 is 0 Å². The smallest absolute Gasteiger partial charge is 0.253 e. The van der Waals surface area contributed by atoms with E-state index in [0.29, 0.717) is 31.1 Å². The fraction of sp³-hybridized carbons (Fsp3) is 0.556. The zero-order valence-corrected chi connectivity index (χ0v) is 21.4. The van der Waals surface area contributed by atoms with Crippen LogP contribution in [0.5, 0.6) is 11.5 Å². The number of aryl methyl sites for hydroxylation is 1. The highest BCUT2D eigenvalue weighted by Crippen LogP contribution is 2.47. The third-order valence-electron chi connectivity index (χ3n) is 7.73. The Kier molecular flexibility index (Phi) is 7.73. The molecule has 196 valence electrons. The molecule has 0 spiro atoms. The molecular formula is C27H37N3O6. The normalized spacial score (nSPS) is 23.8. The van der Waals surface area contributed by atoms with Crippen molar-refractivity contribution in [1.29, 1.82) is 0 Å². The van der Waals surface area contributed by atoms with Crippen LogP contribution in [-0.4, -0.2) is 89.3 Å². The minimum absolute atomic E-state index is 0.0219. The van der Waals surface area contributed by atoms with Gasteiger partial charge in [-0.2, -0.15) is 0 Å². The van der Waals surface area contributed by atoms with Crippen molar-refractivity contribution >= 4 is 11.7 Å². The molecule has 1 amide bonds. The highest BCUT2D eigenvalue weighted by Gasteiger charge is 2.49. The Hall–Kier alpha value is -2.88. The number of aliphatic hydroxyl groups excluding tert-OH is 3. The van der Waals surface area contributed by atoms with Crippen molar-refractivity contribution in [3.05, 3.63) is 47.7 Å². The number of nitrogens with zero attached hydrogens (tertiary/aromatic N) is 3. The molecule has 2 aromatic rings. The number of pyridine rings is 1. The van der Waals surface area contributed by atoms with Crippen molar-refractivity contribution in [2.45, 2.75) is 51.4 Å². The molecule has 2 fully saturated rings. The lowest BCUT2D eigenvalue weighted by Gasteiger charge is -2.40. The first-order chi connectivity index (χ1) is 17.2. The lowest BCUT2D eigenvalue weighted by Crippen LogP contribution is -2.54. The standard InChI is InChI=1S/C27H37N3O6/c1-5-18-6-9-25(28-11-18)29-12-20(13-29)36-24-10-19(7-8-23(24)35-4)21-14-30(26(34)22(33)15-31)16-27(21,3)17(2)32/h6-11,17,20-22,31-33H,5,12-16H2,1-4H3/t17-,21+,22+,27?/m1/s1. The zero-order valence-electron chi connectivity index (χ0n) is 21.4. The van der Waals surface area contributed by atoms with Crippen LogP contribution in [0.4, 0.5) is 5.82 Å². The summed E-state index contributed by atoms with van der Waals surface area (Å²) in [6.45, 7) is 7.14. The molecule has 0 aliphatic carbocycles. The van der Waals surface area contributed by atoms with Crippen molar-refractivity contribution in [3.8, 4) is 11.5 Å². The molecule has 36 heavy (non-hydrogen) atoms. The van der Waals surface area contributed by atoms with Crippen molar-refractivity contribution in [3.63, 3.8) is 0 Å². The Morgan fingerprint density at radius 1 is 1.19 bits per heavy atom. The number of aromatic nitrogens is 1. The van der Waals surface area contributed by atoms with E-state index in [1.165, 1.54) is 10.5 Å². The molecule has 1 unspecified atom stereocenters. The molecule has 3 heterocycles. The van der Waals surface area contributed by atoms with E-state index in [0.717, 1.165) is 17.8 Å². The van der Waals surface area contributed by atoms with E-state index in [1.807, 2.05) is 37.4 Å². The SMILES string of the molecule is CCc1ccc(N2CC(Oc3cc([C@@H]4CN(C(=O)[C@@H](O)CO)CC4(C)[C@@H](C)O)ccc3OC)C2)nc1. The van der Waals surface area contributed by atoms with Gasteiger partial charge in [-0.15, -0.1) is 0 Å². The number of benzene rings is 1. The van der Waals surface area contributed by atoms with Crippen LogP contribution in [0, 0.1) is 5.41 Å². The number of hydrogen-bond acceptors (Lipinski definition) is 8. The van der Waals surface area contributed by atoms with E-state index < -0.39 is 30.1 Å². The average molecular weight is 500 g/mol. The molecule has 4 atom stereocenters. The summed E-state index contributed by atoms with van der Waals surface area (Å²) < 4.78 is 11.9. The van der Waals surface area contributed by atoms with Crippen molar-refractivity contribution in [1.82, 2.24) is 9.88 Å². The van der Waals surface area contributed by atoms with Crippen LogP contribution in [0.25, 0.3) is 0 Å². The molecule has 9 nitrogen and oxygen atoms in total.